The van der Waals surface area contributed by atoms with Gasteiger partial charge in [-0.05, 0) is 103 Å². The van der Waals surface area contributed by atoms with E-state index in [1.807, 2.05) is 0 Å². The minimum absolute atomic E-state index is 0.0815. The van der Waals surface area contributed by atoms with Gasteiger partial charge < -0.3 is 14.2 Å². The molecule has 0 aliphatic heterocycles. The van der Waals surface area contributed by atoms with Crippen molar-refractivity contribution in [2.75, 3.05) is 13.2 Å². The lowest BCUT2D eigenvalue weighted by atomic mass is 10.0. The molecule has 0 radical (unpaired) electrons. The molecule has 0 heterocycles. The van der Waals surface area contributed by atoms with Crippen LogP contribution in [0.15, 0.2) is 109 Å². The highest BCUT2D eigenvalue weighted by molar-refractivity contribution is 5.71. The molecule has 0 aliphatic rings. The van der Waals surface area contributed by atoms with Crippen molar-refractivity contribution in [1.29, 1.82) is 0 Å². The Morgan fingerprint density at radius 1 is 0.273 bits per heavy atom. The van der Waals surface area contributed by atoms with Gasteiger partial charge in [-0.2, -0.15) is 0 Å². The zero-order chi connectivity index (χ0) is 55.7. The molecule has 0 saturated carbocycles. The second kappa shape index (κ2) is 64.6. The van der Waals surface area contributed by atoms with Crippen molar-refractivity contribution in [2.24, 2.45) is 0 Å². The molecule has 0 aromatic heterocycles. The van der Waals surface area contributed by atoms with E-state index in [0.717, 1.165) is 122 Å². The van der Waals surface area contributed by atoms with Gasteiger partial charge in [0, 0.05) is 19.3 Å². The molecule has 0 rings (SSSR count). The fourth-order valence-electron chi connectivity index (χ4n) is 8.99. The number of carbonyl (C=O) groups is 3. The van der Waals surface area contributed by atoms with Gasteiger partial charge in [0.2, 0.25) is 0 Å². The average Bonchev–Trinajstić information content (AvgIpc) is 3.43. The normalized spacial score (nSPS) is 12.8. The van der Waals surface area contributed by atoms with Crippen LogP contribution in [0.4, 0.5) is 0 Å². The smallest absolute Gasteiger partial charge is 0.306 e. The van der Waals surface area contributed by atoms with Gasteiger partial charge in [-0.15, -0.1) is 0 Å². The molecule has 0 fully saturated rings. The van der Waals surface area contributed by atoms with Crippen LogP contribution in [0.5, 0.6) is 0 Å². The minimum atomic E-state index is -0.787. The van der Waals surface area contributed by atoms with Crippen LogP contribution in [0.25, 0.3) is 0 Å². The lowest BCUT2D eigenvalue weighted by Crippen LogP contribution is -2.30. The summed E-state index contributed by atoms with van der Waals surface area (Å²) in [6.07, 6.45) is 88.0. The summed E-state index contributed by atoms with van der Waals surface area (Å²) in [6.45, 7) is 6.43. The molecule has 1 unspecified atom stereocenters. The predicted octanol–water partition coefficient (Wildman–Crippen LogP) is 22.2. The summed E-state index contributed by atoms with van der Waals surface area (Å²) in [5.74, 6) is -0.888. The first-order valence-electron chi connectivity index (χ1n) is 32.4. The van der Waals surface area contributed by atoms with Crippen LogP contribution < -0.4 is 0 Å². The van der Waals surface area contributed by atoms with E-state index < -0.39 is 6.10 Å². The van der Waals surface area contributed by atoms with Crippen LogP contribution in [-0.4, -0.2) is 37.2 Å². The Hall–Kier alpha value is -3.93. The third-order valence-electron chi connectivity index (χ3n) is 13.8. The molecule has 77 heavy (non-hydrogen) atoms. The lowest BCUT2D eigenvalue weighted by Gasteiger charge is -2.18. The van der Waals surface area contributed by atoms with E-state index in [4.69, 9.17) is 14.2 Å². The molecule has 6 heteroatoms. The fraction of sp³-hybridized carbons (Fsp3) is 0.704. The van der Waals surface area contributed by atoms with Crippen LogP contribution in [-0.2, 0) is 28.6 Å². The van der Waals surface area contributed by atoms with E-state index in [0.29, 0.717) is 19.3 Å². The molecule has 6 nitrogen and oxygen atoms in total. The Balaban J connectivity index is 4.36. The van der Waals surface area contributed by atoms with Crippen molar-refractivity contribution in [3.05, 3.63) is 109 Å². The van der Waals surface area contributed by atoms with Crippen molar-refractivity contribution in [2.45, 2.75) is 309 Å². The van der Waals surface area contributed by atoms with Crippen molar-refractivity contribution < 1.29 is 28.6 Å². The zero-order valence-corrected chi connectivity index (χ0v) is 50.4. The average molecular weight is 1070 g/mol. The number of allylic oxidation sites excluding steroid dienone is 18. The lowest BCUT2D eigenvalue weighted by molar-refractivity contribution is -0.167. The van der Waals surface area contributed by atoms with Gasteiger partial charge >= 0.3 is 17.9 Å². The summed E-state index contributed by atoms with van der Waals surface area (Å²) in [5, 5.41) is 0. The Morgan fingerprint density at radius 3 is 0.792 bits per heavy atom. The second-order valence-corrected chi connectivity index (χ2v) is 21.3. The third-order valence-corrected chi connectivity index (χ3v) is 13.8. The molecule has 0 aromatic rings. The molecule has 0 bridgehead atoms. The van der Waals surface area contributed by atoms with Gasteiger partial charge in [-0.25, -0.2) is 0 Å². The summed E-state index contributed by atoms with van der Waals surface area (Å²) in [5.41, 5.74) is 0. The molecule has 0 spiro atoms. The largest absolute Gasteiger partial charge is 0.462 e. The summed E-state index contributed by atoms with van der Waals surface area (Å²) in [7, 11) is 0. The van der Waals surface area contributed by atoms with Crippen LogP contribution in [0.2, 0.25) is 0 Å². The molecule has 440 valence electrons. The molecule has 0 aromatic carbocycles. The van der Waals surface area contributed by atoms with Gasteiger partial charge in [-0.3, -0.25) is 14.4 Å². The monoisotopic (exact) mass is 1070 g/mol. The van der Waals surface area contributed by atoms with Crippen molar-refractivity contribution in [1.82, 2.24) is 0 Å². The number of carbonyl (C=O) groups excluding carboxylic acids is 3. The predicted molar refractivity (Wildman–Crippen MR) is 334 cm³/mol. The highest BCUT2D eigenvalue weighted by atomic mass is 16.6. The SMILES string of the molecule is CC/C=C\C/C=C\C/C=C\C/C=C\C/C=C\CCCCCCCCCC(=O)OCC(COC(=O)CCCCCCCCCCCCCCC)OC(=O)CCCCCCCCCCCC/C=C\C/C=C\C/C=C\C/C=C\CC. The first-order valence-corrected chi connectivity index (χ1v) is 32.4. The number of hydrogen-bond donors (Lipinski definition) is 0. The van der Waals surface area contributed by atoms with Gasteiger partial charge in [0.1, 0.15) is 13.2 Å². The summed E-state index contributed by atoms with van der Waals surface area (Å²) >= 11 is 0. The van der Waals surface area contributed by atoms with Gasteiger partial charge in [-0.1, -0.05) is 291 Å². The van der Waals surface area contributed by atoms with Crippen molar-refractivity contribution >= 4 is 17.9 Å². The topological polar surface area (TPSA) is 78.9 Å². The number of rotatable bonds is 58. The van der Waals surface area contributed by atoms with Crippen LogP contribution in [0.3, 0.4) is 0 Å². The summed E-state index contributed by atoms with van der Waals surface area (Å²) in [6, 6.07) is 0. The quantitative estimate of drug-likeness (QED) is 0.0261. The van der Waals surface area contributed by atoms with Crippen LogP contribution >= 0.6 is 0 Å². The Morgan fingerprint density at radius 2 is 0.506 bits per heavy atom. The molecule has 0 N–H and O–H groups in total. The number of unbranched alkanes of at least 4 members (excludes halogenated alkanes) is 29. The standard InChI is InChI=1S/C71H120O6/c1-4-7-10-13-16-19-22-25-27-29-31-33-35-37-39-41-43-46-49-52-55-58-61-64-70(73)76-67-68(66-75-69(72)63-60-57-54-51-48-45-24-21-18-15-12-9-6-3)77-71(74)65-62-59-56-53-50-47-44-42-40-38-36-34-32-30-28-26-23-20-17-14-11-8-5-2/h7-8,10-11,16-17,19-20,25-28,31-34,37,39,68H,4-6,9,12-15,18,21-24,29-30,35-36,38,40-67H2,1-3H3/b10-7-,11-8-,19-16-,20-17-,27-25-,28-26-,33-31-,34-32-,39-37-. The fourth-order valence-corrected chi connectivity index (χ4v) is 8.99. The minimum Gasteiger partial charge on any atom is -0.462 e. The van der Waals surface area contributed by atoms with E-state index in [-0.39, 0.29) is 31.1 Å². The summed E-state index contributed by atoms with van der Waals surface area (Å²) < 4.78 is 16.9. The van der Waals surface area contributed by atoms with Crippen molar-refractivity contribution in [3.8, 4) is 0 Å². The Bertz CT molecular complexity index is 1560. The van der Waals surface area contributed by atoms with Gasteiger partial charge in [0.05, 0.1) is 0 Å². The van der Waals surface area contributed by atoms with E-state index >= 15 is 0 Å². The van der Waals surface area contributed by atoms with Crippen LogP contribution in [0.1, 0.15) is 303 Å². The van der Waals surface area contributed by atoms with E-state index in [1.165, 1.54) is 141 Å². The summed E-state index contributed by atoms with van der Waals surface area (Å²) in [4.78, 5) is 38.3. The first-order chi connectivity index (χ1) is 38.0. The van der Waals surface area contributed by atoms with E-state index in [9.17, 15) is 14.4 Å². The molecule has 1 atom stereocenters. The van der Waals surface area contributed by atoms with Gasteiger partial charge in [0.25, 0.3) is 0 Å². The maximum absolute atomic E-state index is 12.9. The molecular formula is C71H120O6. The molecule has 0 amide bonds. The van der Waals surface area contributed by atoms with E-state index in [2.05, 4.69) is 130 Å². The Labute approximate surface area is 476 Å². The Kier molecular flexibility index (Phi) is 61.3. The third kappa shape index (κ3) is 62.8. The van der Waals surface area contributed by atoms with Crippen LogP contribution in [0, 0.1) is 0 Å². The highest BCUT2D eigenvalue weighted by Gasteiger charge is 2.19. The highest BCUT2D eigenvalue weighted by Crippen LogP contribution is 2.16. The molecule has 0 saturated heterocycles. The maximum atomic E-state index is 12.9. The van der Waals surface area contributed by atoms with E-state index in [1.54, 1.807) is 0 Å². The number of esters is 3. The second-order valence-electron chi connectivity index (χ2n) is 21.3. The maximum Gasteiger partial charge on any atom is 0.306 e. The van der Waals surface area contributed by atoms with Crippen molar-refractivity contribution in [3.63, 3.8) is 0 Å². The molecule has 0 aliphatic carbocycles. The molecular weight excluding hydrogens is 949 g/mol. The number of hydrogen-bond acceptors (Lipinski definition) is 6. The number of ether oxygens (including phenoxy) is 3. The first kappa shape index (κ1) is 73.1. The van der Waals surface area contributed by atoms with Gasteiger partial charge in [0.15, 0.2) is 6.10 Å². The zero-order valence-electron chi connectivity index (χ0n) is 50.4.